The molecule has 2 heterocycles. The van der Waals surface area contributed by atoms with Crippen LogP contribution in [0.25, 0.3) is 29.9 Å². The predicted molar refractivity (Wildman–Crippen MR) is 101 cm³/mol. The minimum Gasteiger partial charge on any atom is -0.134 e. The second kappa shape index (κ2) is 4.90. The fraction of sp³-hybridized carbons (Fsp3) is 0. The summed E-state index contributed by atoms with van der Waals surface area (Å²) in [6, 6.07) is 17.2. The zero-order chi connectivity index (χ0) is 13.7. The normalized spacial score (nSPS) is 11.5. The third-order valence-corrected chi connectivity index (χ3v) is 7.63. The molecule has 20 heavy (non-hydrogen) atoms. The van der Waals surface area contributed by atoms with E-state index >= 15 is 0 Å². The van der Waals surface area contributed by atoms with Crippen LogP contribution in [0.2, 0.25) is 0 Å². The molecule has 2 atom stereocenters. The summed E-state index contributed by atoms with van der Waals surface area (Å²) in [6.07, 6.45) is 0. The van der Waals surface area contributed by atoms with Crippen LogP contribution in [0.5, 0.6) is 0 Å². The molecule has 0 bridgehead atoms. The average Bonchev–Trinajstić information content (AvgIpc) is 2.98. The second-order valence-electron chi connectivity index (χ2n) is 4.68. The minimum atomic E-state index is 1.32. The van der Waals surface area contributed by atoms with E-state index in [1.807, 2.05) is 22.7 Å². The first-order valence-corrected chi connectivity index (χ1v) is 9.09. The van der Waals surface area contributed by atoms with Gasteiger partial charge in [-0.05, 0) is 22.7 Å². The van der Waals surface area contributed by atoms with E-state index in [0.717, 1.165) is 0 Å². The summed E-state index contributed by atoms with van der Waals surface area (Å²) in [5.41, 5.74) is 0. The molecule has 4 rings (SSSR count). The topological polar surface area (TPSA) is 0 Å². The van der Waals surface area contributed by atoms with E-state index in [4.69, 9.17) is 0 Å². The molecule has 0 amide bonds. The zero-order valence-corrected chi connectivity index (χ0v) is 14.5. The molecule has 4 heteroatoms. The van der Waals surface area contributed by atoms with E-state index in [-0.39, 0.29) is 0 Å². The van der Waals surface area contributed by atoms with Gasteiger partial charge in [-0.25, -0.2) is 0 Å². The first-order valence-electron chi connectivity index (χ1n) is 6.30. The highest BCUT2D eigenvalue weighted by Gasteiger charge is 2.16. The van der Waals surface area contributed by atoms with Crippen molar-refractivity contribution in [1.29, 1.82) is 0 Å². The Bertz CT molecular complexity index is 856. The number of hydrogen-bond donors (Lipinski definition) is 0. The van der Waals surface area contributed by atoms with Crippen LogP contribution in [-0.4, -0.2) is 0 Å². The zero-order valence-electron chi connectivity index (χ0n) is 10.6. The van der Waals surface area contributed by atoms with Gasteiger partial charge in [0.25, 0.3) is 0 Å². The van der Waals surface area contributed by atoms with Crippen molar-refractivity contribution in [2.24, 2.45) is 0 Å². The first-order chi connectivity index (χ1) is 9.75. The summed E-state index contributed by atoms with van der Waals surface area (Å²) in [4.78, 5) is 2.75. The maximum Gasteiger partial charge on any atom is 0.0533 e. The van der Waals surface area contributed by atoms with Crippen LogP contribution in [0.3, 0.4) is 0 Å². The molecule has 0 aliphatic rings. The SMILES string of the molecule is Pc1c(-c2sc3ccccc3c2P)sc2ccccc12. The molecule has 0 saturated carbocycles. The Labute approximate surface area is 130 Å². The van der Waals surface area contributed by atoms with Crippen molar-refractivity contribution < 1.29 is 0 Å². The Balaban J connectivity index is 2.06. The summed E-state index contributed by atoms with van der Waals surface area (Å²) < 4.78 is 2.71. The third kappa shape index (κ3) is 1.87. The Hall–Kier alpha value is -0.780. The molecule has 0 radical (unpaired) electrons. The van der Waals surface area contributed by atoms with Crippen molar-refractivity contribution in [2.45, 2.75) is 0 Å². The van der Waals surface area contributed by atoms with Crippen LogP contribution in [-0.2, 0) is 0 Å². The average molecular weight is 330 g/mol. The van der Waals surface area contributed by atoms with Crippen LogP contribution in [0, 0.1) is 0 Å². The highest BCUT2D eigenvalue weighted by Crippen LogP contribution is 2.39. The molecule has 98 valence electrons. The summed E-state index contributed by atoms with van der Waals surface area (Å²) in [6.45, 7) is 0. The van der Waals surface area contributed by atoms with E-state index in [0.29, 0.717) is 0 Å². The van der Waals surface area contributed by atoms with Gasteiger partial charge in [-0.15, -0.1) is 41.2 Å². The van der Waals surface area contributed by atoms with Gasteiger partial charge in [-0.1, -0.05) is 36.4 Å². The Morgan fingerprint density at radius 3 is 1.40 bits per heavy atom. The molecule has 0 aliphatic carbocycles. The van der Waals surface area contributed by atoms with Crippen LogP contribution >= 0.6 is 41.2 Å². The number of rotatable bonds is 1. The minimum absolute atomic E-state index is 1.32. The second-order valence-corrected chi connectivity index (χ2v) is 7.94. The largest absolute Gasteiger partial charge is 0.134 e. The van der Waals surface area contributed by atoms with E-state index in [9.17, 15) is 0 Å². The highest BCUT2D eigenvalue weighted by atomic mass is 32.1. The van der Waals surface area contributed by atoms with E-state index in [1.54, 1.807) is 0 Å². The van der Waals surface area contributed by atoms with Crippen molar-refractivity contribution in [1.82, 2.24) is 0 Å². The lowest BCUT2D eigenvalue weighted by molar-refractivity contribution is 1.87. The number of thiophene rings is 2. The van der Waals surface area contributed by atoms with Crippen molar-refractivity contribution in [3.05, 3.63) is 48.5 Å². The summed E-state index contributed by atoms with van der Waals surface area (Å²) in [5.74, 6) is 0. The van der Waals surface area contributed by atoms with Crippen LogP contribution in [0.15, 0.2) is 48.5 Å². The van der Waals surface area contributed by atoms with Gasteiger partial charge in [0.2, 0.25) is 0 Å². The van der Waals surface area contributed by atoms with Gasteiger partial charge < -0.3 is 0 Å². The lowest BCUT2D eigenvalue weighted by Crippen LogP contribution is -1.96. The Morgan fingerprint density at radius 1 is 0.600 bits per heavy atom. The van der Waals surface area contributed by atoms with Gasteiger partial charge in [-0.3, -0.25) is 0 Å². The van der Waals surface area contributed by atoms with Gasteiger partial charge in [0.15, 0.2) is 0 Å². The van der Waals surface area contributed by atoms with Gasteiger partial charge in [0.1, 0.15) is 0 Å². The van der Waals surface area contributed by atoms with Gasteiger partial charge >= 0.3 is 0 Å². The standard InChI is InChI=1S/C16H12P2S2/c17-13-9-5-1-3-7-11(9)19-15(13)16-14(18)10-6-2-4-8-12(10)20-16/h1-8H,17-18H2. The van der Waals surface area contributed by atoms with Crippen molar-refractivity contribution in [2.75, 3.05) is 0 Å². The molecule has 2 aromatic heterocycles. The number of hydrogen-bond acceptors (Lipinski definition) is 2. The monoisotopic (exact) mass is 330 g/mol. The highest BCUT2D eigenvalue weighted by molar-refractivity contribution is 7.39. The van der Waals surface area contributed by atoms with Gasteiger partial charge in [0.05, 0.1) is 9.75 Å². The number of benzene rings is 2. The molecule has 2 unspecified atom stereocenters. The Morgan fingerprint density at radius 2 is 1.00 bits per heavy atom. The van der Waals surface area contributed by atoms with Crippen molar-refractivity contribution >= 4 is 71.9 Å². The molecule has 0 spiro atoms. The predicted octanol–water partition coefficient (Wildman–Crippen LogP) is 4.78. The molecular weight excluding hydrogens is 318 g/mol. The summed E-state index contributed by atoms with van der Waals surface area (Å²) >= 11 is 3.77. The van der Waals surface area contributed by atoms with Crippen LogP contribution in [0.1, 0.15) is 0 Å². The maximum atomic E-state index is 2.93. The van der Waals surface area contributed by atoms with Gasteiger partial charge in [0, 0.05) is 20.2 Å². The summed E-state index contributed by atoms with van der Waals surface area (Å²) in [7, 11) is 5.85. The molecule has 4 aromatic rings. The van der Waals surface area contributed by atoms with E-state index in [1.165, 1.54) is 40.5 Å². The molecule has 0 saturated heterocycles. The molecule has 0 nitrogen and oxygen atoms in total. The third-order valence-electron chi connectivity index (χ3n) is 3.47. The smallest absolute Gasteiger partial charge is 0.0533 e. The maximum absolute atomic E-state index is 2.93. The molecule has 2 aromatic carbocycles. The molecule has 0 N–H and O–H groups in total. The van der Waals surface area contributed by atoms with Crippen LogP contribution in [0.4, 0.5) is 0 Å². The molecule has 0 fully saturated rings. The van der Waals surface area contributed by atoms with Crippen molar-refractivity contribution in [3.8, 4) is 9.75 Å². The fourth-order valence-corrected chi connectivity index (χ4v) is 6.44. The lowest BCUT2D eigenvalue weighted by Gasteiger charge is -1.97. The van der Waals surface area contributed by atoms with E-state index in [2.05, 4.69) is 67.0 Å². The molecular formula is C16H12P2S2. The van der Waals surface area contributed by atoms with Gasteiger partial charge in [-0.2, -0.15) is 0 Å². The van der Waals surface area contributed by atoms with Crippen molar-refractivity contribution in [3.63, 3.8) is 0 Å². The number of fused-ring (bicyclic) bond motifs is 2. The lowest BCUT2D eigenvalue weighted by atomic mass is 10.2. The van der Waals surface area contributed by atoms with E-state index < -0.39 is 0 Å². The van der Waals surface area contributed by atoms with Crippen LogP contribution < -0.4 is 10.6 Å². The molecule has 0 aliphatic heterocycles. The fourth-order valence-electron chi connectivity index (χ4n) is 2.47. The quantitative estimate of drug-likeness (QED) is 0.441. The summed E-state index contributed by atoms with van der Waals surface area (Å²) in [5, 5.41) is 5.33. The Kier molecular flexibility index (Phi) is 3.16. The first kappa shape index (κ1) is 12.9.